The lowest BCUT2D eigenvalue weighted by Crippen LogP contribution is -2.32. The normalized spacial score (nSPS) is 14.4. The Hall–Kier alpha value is -5.03. The van der Waals surface area contributed by atoms with Gasteiger partial charge in [0.2, 0.25) is 0 Å². The van der Waals surface area contributed by atoms with Crippen LogP contribution < -0.4 is 10.3 Å². The van der Waals surface area contributed by atoms with Crippen molar-refractivity contribution in [1.29, 1.82) is 0 Å². The van der Waals surface area contributed by atoms with Crippen LogP contribution in [0.3, 0.4) is 0 Å². The Morgan fingerprint density at radius 3 is 2.03 bits per heavy atom. The summed E-state index contributed by atoms with van der Waals surface area (Å²) in [5.41, 5.74) is 3.65. The first-order valence-electron chi connectivity index (χ1n) is 11.6. The van der Waals surface area contributed by atoms with Crippen LogP contribution in [0.4, 0.5) is 5.69 Å². The number of anilines is 1. The standard InChI is InChI=1S/C31H20N2O3/c34-27-20-29(22-12-6-2-7-13-22)36-28-17-16-24(19-25(27)28)33-30(23-14-8-3-9-15-23)32-26(31(33)35)18-21-10-4-1-5-11-21/h1-20H/b26-18+. The van der Waals surface area contributed by atoms with Gasteiger partial charge in [0.1, 0.15) is 22.9 Å². The first kappa shape index (κ1) is 21.5. The van der Waals surface area contributed by atoms with Crippen LogP contribution in [-0.4, -0.2) is 11.7 Å². The molecule has 2 heterocycles. The van der Waals surface area contributed by atoms with Crippen molar-refractivity contribution in [2.75, 3.05) is 4.90 Å². The Bertz CT molecular complexity index is 1700. The molecule has 6 rings (SSSR count). The molecule has 0 bridgehead atoms. The molecule has 4 aromatic carbocycles. The van der Waals surface area contributed by atoms with E-state index in [2.05, 4.69) is 0 Å². The summed E-state index contributed by atoms with van der Waals surface area (Å²) < 4.78 is 6.04. The Morgan fingerprint density at radius 1 is 0.694 bits per heavy atom. The van der Waals surface area contributed by atoms with Gasteiger partial charge in [-0.1, -0.05) is 91.0 Å². The Balaban J connectivity index is 1.46. The third-order valence-electron chi connectivity index (χ3n) is 6.02. The number of amidine groups is 1. The lowest BCUT2D eigenvalue weighted by Gasteiger charge is -2.19. The maximum Gasteiger partial charge on any atom is 0.282 e. The summed E-state index contributed by atoms with van der Waals surface area (Å²) in [7, 11) is 0. The molecule has 0 fully saturated rings. The number of hydrogen-bond acceptors (Lipinski definition) is 4. The number of nitrogens with zero attached hydrogens (tertiary/aromatic N) is 2. The SMILES string of the molecule is O=C1/C(=C\c2ccccc2)N=C(c2ccccc2)N1c1ccc2oc(-c3ccccc3)cc(=O)c2c1. The fourth-order valence-electron chi connectivity index (χ4n) is 4.27. The molecule has 1 aliphatic heterocycles. The van der Waals surface area contributed by atoms with Crippen molar-refractivity contribution in [1.82, 2.24) is 0 Å². The van der Waals surface area contributed by atoms with Crippen molar-refractivity contribution in [2.45, 2.75) is 0 Å². The van der Waals surface area contributed by atoms with Crippen molar-refractivity contribution in [3.8, 4) is 11.3 Å². The molecular weight excluding hydrogens is 448 g/mol. The van der Waals surface area contributed by atoms with E-state index in [9.17, 15) is 9.59 Å². The summed E-state index contributed by atoms with van der Waals surface area (Å²) in [6.45, 7) is 0. The van der Waals surface area contributed by atoms with Gasteiger partial charge >= 0.3 is 0 Å². The number of carbonyl (C=O) groups is 1. The predicted octanol–water partition coefficient (Wildman–Crippen LogP) is 6.29. The van der Waals surface area contributed by atoms with Crippen molar-refractivity contribution in [3.05, 3.63) is 142 Å². The van der Waals surface area contributed by atoms with Crippen LogP contribution in [0.2, 0.25) is 0 Å². The molecule has 0 saturated carbocycles. The highest BCUT2D eigenvalue weighted by Crippen LogP contribution is 2.31. The summed E-state index contributed by atoms with van der Waals surface area (Å²) in [6.07, 6.45) is 1.77. The predicted molar refractivity (Wildman–Crippen MR) is 143 cm³/mol. The van der Waals surface area contributed by atoms with Gasteiger partial charge in [-0.3, -0.25) is 14.5 Å². The molecule has 0 unspecified atom stereocenters. The van der Waals surface area contributed by atoms with E-state index in [1.807, 2.05) is 91.0 Å². The van der Waals surface area contributed by atoms with E-state index in [0.717, 1.165) is 16.7 Å². The maximum absolute atomic E-state index is 13.6. The van der Waals surface area contributed by atoms with Crippen LogP contribution in [0.15, 0.2) is 135 Å². The highest BCUT2D eigenvalue weighted by Gasteiger charge is 2.32. The second-order valence-corrected chi connectivity index (χ2v) is 8.40. The van der Waals surface area contributed by atoms with Crippen molar-refractivity contribution >= 4 is 34.5 Å². The molecular formula is C31H20N2O3. The van der Waals surface area contributed by atoms with Gasteiger partial charge < -0.3 is 4.42 Å². The molecule has 36 heavy (non-hydrogen) atoms. The third-order valence-corrected chi connectivity index (χ3v) is 6.02. The lowest BCUT2D eigenvalue weighted by atomic mass is 10.1. The van der Waals surface area contributed by atoms with Gasteiger partial charge in [0.15, 0.2) is 5.43 Å². The average Bonchev–Trinajstić information content (AvgIpc) is 3.25. The van der Waals surface area contributed by atoms with Crippen molar-refractivity contribution < 1.29 is 9.21 Å². The highest BCUT2D eigenvalue weighted by molar-refractivity contribution is 6.33. The molecule has 0 N–H and O–H groups in total. The zero-order chi connectivity index (χ0) is 24.5. The van der Waals surface area contributed by atoms with E-state index in [1.54, 1.807) is 29.2 Å². The summed E-state index contributed by atoms with van der Waals surface area (Å²) in [4.78, 5) is 32.9. The minimum Gasteiger partial charge on any atom is -0.456 e. The van der Waals surface area contributed by atoms with Crippen LogP contribution in [0.1, 0.15) is 11.1 Å². The average molecular weight is 469 g/mol. The molecule has 5 heteroatoms. The van der Waals surface area contributed by atoms with Gasteiger partial charge in [-0.25, -0.2) is 4.99 Å². The number of fused-ring (bicyclic) bond motifs is 1. The molecule has 0 saturated heterocycles. The van der Waals surface area contributed by atoms with Gasteiger partial charge in [0.25, 0.3) is 5.91 Å². The molecule has 1 aliphatic rings. The van der Waals surface area contributed by atoms with E-state index in [1.165, 1.54) is 6.07 Å². The number of rotatable bonds is 4. The van der Waals surface area contributed by atoms with Gasteiger partial charge in [-0.2, -0.15) is 0 Å². The van der Waals surface area contributed by atoms with E-state index in [-0.39, 0.29) is 11.3 Å². The van der Waals surface area contributed by atoms with Gasteiger partial charge in [-0.15, -0.1) is 0 Å². The molecule has 1 amide bonds. The smallest absolute Gasteiger partial charge is 0.282 e. The number of aliphatic imine (C=N–C) groups is 1. The first-order chi connectivity index (χ1) is 17.7. The van der Waals surface area contributed by atoms with Gasteiger partial charge in [0.05, 0.1) is 11.1 Å². The summed E-state index contributed by atoms with van der Waals surface area (Å²) in [5.74, 6) is 0.743. The largest absolute Gasteiger partial charge is 0.456 e. The molecule has 0 atom stereocenters. The zero-order valence-corrected chi connectivity index (χ0v) is 19.2. The minimum absolute atomic E-state index is 0.179. The van der Waals surface area contributed by atoms with E-state index in [4.69, 9.17) is 9.41 Å². The van der Waals surface area contributed by atoms with Crippen LogP contribution in [0.5, 0.6) is 0 Å². The molecule has 0 spiro atoms. The van der Waals surface area contributed by atoms with E-state index < -0.39 is 0 Å². The third kappa shape index (κ3) is 3.93. The van der Waals surface area contributed by atoms with Crippen LogP contribution in [-0.2, 0) is 4.79 Å². The molecule has 0 aliphatic carbocycles. The highest BCUT2D eigenvalue weighted by atomic mass is 16.3. The van der Waals surface area contributed by atoms with Crippen molar-refractivity contribution in [3.63, 3.8) is 0 Å². The van der Waals surface area contributed by atoms with Crippen LogP contribution in [0, 0.1) is 0 Å². The van der Waals surface area contributed by atoms with Crippen LogP contribution in [0.25, 0.3) is 28.4 Å². The van der Waals surface area contributed by atoms with Crippen LogP contribution >= 0.6 is 0 Å². The minimum atomic E-state index is -0.262. The number of hydrogen-bond donors (Lipinski definition) is 0. The number of benzene rings is 4. The monoisotopic (exact) mass is 468 g/mol. The summed E-state index contributed by atoms with van der Waals surface area (Å²) in [6, 6.07) is 35.3. The van der Waals surface area contributed by atoms with Crippen molar-refractivity contribution in [2.24, 2.45) is 4.99 Å². The maximum atomic E-state index is 13.6. The summed E-state index contributed by atoms with van der Waals surface area (Å²) in [5, 5.41) is 0.396. The van der Waals surface area contributed by atoms with Gasteiger partial charge in [0, 0.05) is 17.2 Å². The number of amides is 1. The zero-order valence-electron chi connectivity index (χ0n) is 19.2. The first-order valence-corrected chi connectivity index (χ1v) is 11.6. The topological polar surface area (TPSA) is 62.9 Å². The van der Waals surface area contributed by atoms with Gasteiger partial charge in [-0.05, 0) is 29.8 Å². The molecule has 0 radical (unpaired) electrons. The Morgan fingerprint density at radius 2 is 1.33 bits per heavy atom. The molecule has 5 nitrogen and oxygen atoms in total. The van der Waals surface area contributed by atoms with E-state index >= 15 is 0 Å². The van der Waals surface area contributed by atoms with E-state index in [0.29, 0.717) is 33.9 Å². The second kappa shape index (κ2) is 8.96. The number of carbonyl (C=O) groups excluding carboxylic acids is 1. The second-order valence-electron chi connectivity index (χ2n) is 8.40. The molecule has 172 valence electrons. The molecule has 1 aromatic heterocycles. The Kier molecular flexibility index (Phi) is 5.35. The summed E-state index contributed by atoms with van der Waals surface area (Å²) >= 11 is 0. The molecule has 5 aromatic rings. The Labute approximate surface area is 207 Å². The lowest BCUT2D eigenvalue weighted by molar-refractivity contribution is -0.113. The fraction of sp³-hybridized carbons (Fsp3) is 0. The fourth-order valence-corrected chi connectivity index (χ4v) is 4.27. The quantitative estimate of drug-likeness (QED) is 0.291.